The van der Waals surface area contributed by atoms with E-state index in [0.717, 1.165) is 5.75 Å². The normalized spacial score (nSPS) is 30.5. The van der Waals surface area contributed by atoms with Crippen LogP contribution in [0, 0.1) is 0 Å². The summed E-state index contributed by atoms with van der Waals surface area (Å²) < 4.78 is 5.46. The molecule has 0 aromatic heterocycles. The van der Waals surface area contributed by atoms with Crippen LogP contribution in [0.2, 0.25) is 10.0 Å². The number of fused-ring (bicyclic) bond motifs is 2. The Morgan fingerprint density at radius 1 is 1.11 bits per heavy atom. The Balaban J connectivity index is 1.93. The smallest absolute Gasteiger partial charge is 0.123 e. The van der Waals surface area contributed by atoms with E-state index in [1.165, 1.54) is 31.2 Å². The van der Waals surface area contributed by atoms with Gasteiger partial charge in [-0.15, -0.1) is 0 Å². The van der Waals surface area contributed by atoms with Crippen LogP contribution in [-0.2, 0) is 0 Å². The molecule has 0 unspecified atom stereocenters. The molecule has 2 aliphatic heterocycles. The summed E-state index contributed by atoms with van der Waals surface area (Å²) in [5, 5.41) is 4.84. The largest absolute Gasteiger partial charge is 0.496 e. The van der Waals surface area contributed by atoms with Gasteiger partial charge in [0.2, 0.25) is 0 Å². The summed E-state index contributed by atoms with van der Waals surface area (Å²) >= 11 is 12.2. The van der Waals surface area contributed by atoms with Crippen LogP contribution in [0.5, 0.6) is 5.75 Å². The van der Waals surface area contributed by atoms with Crippen molar-refractivity contribution in [3.63, 3.8) is 0 Å². The molecule has 2 saturated heterocycles. The van der Waals surface area contributed by atoms with E-state index >= 15 is 0 Å². The zero-order chi connectivity index (χ0) is 12.7. The minimum absolute atomic E-state index is 0.536. The summed E-state index contributed by atoms with van der Waals surface area (Å²) in [6.07, 6.45) is 4.94. The van der Waals surface area contributed by atoms with Gasteiger partial charge in [0.15, 0.2) is 0 Å². The fourth-order valence-electron chi connectivity index (χ4n) is 3.35. The minimum Gasteiger partial charge on any atom is -0.496 e. The standard InChI is InChI=1S/C14H17Cl2NO/c1-18-14-7-13(16)12(15)6-11(14)8-4-9-2-3-10(5-8)17-9/h6-10,17H,2-5H2,1H3/t8-,9+,10-. The predicted octanol–water partition coefficient (Wildman–Crippen LogP) is 4.00. The Morgan fingerprint density at radius 2 is 1.72 bits per heavy atom. The maximum absolute atomic E-state index is 6.15. The van der Waals surface area contributed by atoms with Crippen molar-refractivity contribution in [2.45, 2.75) is 43.7 Å². The van der Waals surface area contributed by atoms with Crippen molar-refractivity contribution in [1.29, 1.82) is 0 Å². The molecule has 0 radical (unpaired) electrons. The molecule has 1 aromatic carbocycles. The van der Waals surface area contributed by atoms with Gasteiger partial charge in [0.1, 0.15) is 5.75 Å². The first-order chi connectivity index (χ1) is 8.67. The molecule has 3 rings (SSSR count). The lowest BCUT2D eigenvalue weighted by Crippen LogP contribution is -2.37. The van der Waals surface area contributed by atoms with Gasteiger partial charge in [-0.05, 0) is 43.2 Å². The summed E-state index contributed by atoms with van der Waals surface area (Å²) in [6.45, 7) is 0. The maximum atomic E-state index is 6.15. The van der Waals surface area contributed by atoms with Crippen LogP contribution in [-0.4, -0.2) is 19.2 Å². The highest BCUT2D eigenvalue weighted by atomic mass is 35.5. The summed E-state index contributed by atoms with van der Waals surface area (Å²) in [6, 6.07) is 5.14. The molecule has 2 nitrogen and oxygen atoms in total. The van der Waals surface area contributed by atoms with Crippen molar-refractivity contribution in [2.75, 3.05) is 7.11 Å². The van der Waals surface area contributed by atoms with Crippen LogP contribution >= 0.6 is 23.2 Å². The minimum atomic E-state index is 0.536. The number of benzene rings is 1. The number of ether oxygens (including phenoxy) is 1. The highest BCUT2D eigenvalue weighted by Crippen LogP contribution is 2.42. The molecule has 0 aliphatic carbocycles. The molecule has 18 heavy (non-hydrogen) atoms. The lowest BCUT2D eigenvalue weighted by molar-refractivity contribution is 0.348. The van der Waals surface area contributed by atoms with Crippen molar-refractivity contribution < 1.29 is 4.74 Å². The van der Waals surface area contributed by atoms with Crippen molar-refractivity contribution in [3.8, 4) is 5.75 Å². The third kappa shape index (κ3) is 2.22. The Labute approximate surface area is 118 Å². The van der Waals surface area contributed by atoms with E-state index in [1.807, 2.05) is 12.1 Å². The van der Waals surface area contributed by atoms with Gasteiger partial charge in [0.05, 0.1) is 17.2 Å². The number of halogens is 2. The fourth-order valence-corrected chi connectivity index (χ4v) is 3.68. The third-order valence-corrected chi connectivity index (χ3v) is 4.91. The zero-order valence-corrected chi connectivity index (χ0v) is 11.9. The average molecular weight is 286 g/mol. The van der Waals surface area contributed by atoms with E-state index in [2.05, 4.69) is 5.32 Å². The predicted molar refractivity (Wildman–Crippen MR) is 74.9 cm³/mol. The lowest BCUT2D eigenvalue weighted by atomic mass is 9.86. The molecule has 0 spiro atoms. The van der Waals surface area contributed by atoms with Crippen LogP contribution < -0.4 is 10.1 Å². The molecule has 98 valence electrons. The van der Waals surface area contributed by atoms with E-state index in [1.54, 1.807) is 7.11 Å². The summed E-state index contributed by atoms with van der Waals surface area (Å²) in [5.74, 6) is 1.41. The first-order valence-electron chi connectivity index (χ1n) is 6.46. The van der Waals surface area contributed by atoms with E-state index in [4.69, 9.17) is 27.9 Å². The third-order valence-electron chi connectivity index (χ3n) is 4.19. The van der Waals surface area contributed by atoms with Gasteiger partial charge in [-0.1, -0.05) is 23.2 Å². The van der Waals surface area contributed by atoms with E-state index in [-0.39, 0.29) is 0 Å². The van der Waals surface area contributed by atoms with Crippen LogP contribution in [0.25, 0.3) is 0 Å². The van der Waals surface area contributed by atoms with Crippen molar-refractivity contribution >= 4 is 23.2 Å². The van der Waals surface area contributed by atoms with Crippen molar-refractivity contribution in [1.82, 2.24) is 5.32 Å². The van der Waals surface area contributed by atoms with Crippen LogP contribution in [0.3, 0.4) is 0 Å². The van der Waals surface area contributed by atoms with Gasteiger partial charge in [-0.2, -0.15) is 0 Å². The van der Waals surface area contributed by atoms with Gasteiger partial charge < -0.3 is 10.1 Å². The Bertz CT molecular complexity index is 451. The summed E-state index contributed by atoms with van der Waals surface area (Å²) in [5.41, 5.74) is 1.21. The second kappa shape index (κ2) is 4.92. The Hall–Kier alpha value is -0.440. The van der Waals surface area contributed by atoms with Crippen LogP contribution in [0.15, 0.2) is 12.1 Å². The molecule has 2 heterocycles. The number of methoxy groups -OCH3 is 1. The Kier molecular flexibility index (Phi) is 3.44. The average Bonchev–Trinajstić information content (AvgIpc) is 2.71. The molecule has 1 aromatic rings. The molecule has 4 heteroatoms. The number of rotatable bonds is 2. The molecule has 2 fully saturated rings. The number of hydrogen-bond donors (Lipinski definition) is 1. The molecule has 3 atom stereocenters. The highest BCUT2D eigenvalue weighted by Gasteiger charge is 2.35. The van der Waals surface area contributed by atoms with Gasteiger partial charge in [-0.3, -0.25) is 0 Å². The second-order valence-corrected chi connectivity index (χ2v) is 6.13. The first-order valence-corrected chi connectivity index (χ1v) is 7.22. The highest BCUT2D eigenvalue weighted by molar-refractivity contribution is 6.42. The number of piperidine rings is 1. The van der Waals surface area contributed by atoms with Crippen LogP contribution in [0.1, 0.15) is 37.2 Å². The topological polar surface area (TPSA) is 21.3 Å². The molecule has 1 N–H and O–H groups in total. The second-order valence-electron chi connectivity index (χ2n) is 5.31. The summed E-state index contributed by atoms with van der Waals surface area (Å²) in [7, 11) is 1.69. The number of nitrogens with one attached hydrogen (secondary N) is 1. The molecule has 0 saturated carbocycles. The van der Waals surface area contributed by atoms with E-state index in [9.17, 15) is 0 Å². The zero-order valence-electron chi connectivity index (χ0n) is 10.4. The molecular weight excluding hydrogens is 269 g/mol. The molecule has 2 bridgehead atoms. The van der Waals surface area contributed by atoms with Crippen molar-refractivity contribution in [2.24, 2.45) is 0 Å². The van der Waals surface area contributed by atoms with Gasteiger partial charge in [-0.25, -0.2) is 0 Å². The molecular formula is C14H17Cl2NO. The first kappa shape index (κ1) is 12.6. The SMILES string of the molecule is COc1cc(Cl)c(Cl)cc1[C@H]1C[C@H]2CC[C@@H](C1)N2. The van der Waals surface area contributed by atoms with E-state index in [0.29, 0.717) is 28.0 Å². The Morgan fingerprint density at radius 3 is 2.33 bits per heavy atom. The van der Waals surface area contributed by atoms with Gasteiger partial charge >= 0.3 is 0 Å². The maximum Gasteiger partial charge on any atom is 0.123 e. The van der Waals surface area contributed by atoms with Gasteiger partial charge in [0, 0.05) is 18.2 Å². The number of hydrogen-bond acceptors (Lipinski definition) is 2. The molecule has 0 amide bonds. The van der Waals surface area contributed by atoms with E-state index < -0.39 is 0 Å². The lowest BCUT2D eigenvalue weighted by Gasteiger charge is -2.30. The quantitative estimate of drug-likeness (QED) is 0.887. The van der Waals surface area contributed by atoms with Gasteiger partial charge in [0.25, 0.3) is 0 Å². The summed E-state index contributed by atoms with van der Waals surface area (Å²) in [4.78, 5) is 0. The van der Waals surface area contributed by atoms with Crippen LogP contribution in [0.4, 0.5) is 0 Å². The molecule has 2 aliphatic rings. The fraction of sp³-hybridized carbons (Fsp3) is 0.571. The monoisotopic (exact) mass is 285 g/mol. The van der Waals surface area contributed by atoms with Crippen molar-refractivity contribution in [3.05, 3.63) is 27.7 Å².